The zero-order valence-electron chi connectivity index (χ0n) is 10.3. The van der Waals surface area contributed by atoms with E-state index in [-0.39, 0.29) is 0 Å². The molecule has 6 heteroatoms. The number of hydrogen-bond donors (Lipinski definition) is 1. The first-order valence-electron chi connectivity index (χ1n) is 5.52. The fourth-order valence-corrected chi connectivity index (χ4v) is 1.79. The Kier molecular flexibility index (Phi) is 3.94. The summed E-state index contributed by atoms with van der Waals surface area (Å²) in [6, 6.07) is 5.81. The normalized spacial score (nSPS) is 10.2. The van der Waals surface area contributed by atoms with E-state index >= 15 is 0 Å². The number of halogens is 1. The van der Waals surface area contributed by atoms with Gasteiger partial charge in [0.1, 0.15) is 5.02 Å². The molecule has 0 saturated heterocycles. The van der Waals surface area contributed by atoms with Crippen LogP contribution in [-0.4, -0.2) is 29.0 Å². The van der Waals surface area contributed by atoms with E-state index in [4.69, 9.17) is 11.6 Å². The van der Waals surface area contributed by atoms with Gasteiger partial charge in [0.15, 0.2) is 5.82 Å². The van der Waals surface area contributed by atoms with Crippen LogP contribution in [0.4, 0.5) is 11.8 Å². The average molecular weight is 264 g/mol. The predicted octanol–water partition coefficient (Wildman–Crippen LogP) is 2.20. The van der Waals surface area contributed by atoms with Crippen LogP contribution < -0.4 is 10.2 Å². The topological polar surface area (TPSA) is 53.9 Å². The summed E-state index contributed by atoms with van der Waals surface area (Å²) >= 11 is 6.10. The zero-order valence-corrected chi connectivity index (χ0v) is 11.0. The van der Waals surface area contributed by atoms with Crippen LogP contribution in [-0.2, 0) is 6.54 Å². The predicted molar refractivity (Wildman–Crippen MR) is 72.9 cm³/mol. The largest absolute Gasteiger partial charge is 0.357 e. The van der Waals surface area contributed by atoms with Gasteiger partial charge in [0.05, 0.1) is 18.4 Å². The Morgan fingerprint density at radius 1 is 1.33 bits per heavy atom. The molecule has 0 atom stereocenters. The molecule has 2 heterocycles. The molecule has 0 unspecified atom stereocenters. The molecule has 5 nitrogen and oxygen atoms in total. The van der Waals surface area contributed by atoms with Gasteiger partial charge in [-0.15, -0.1) is 0 Å². The van der Waals surface area contributed by atoms with Gasteiger partial charge in [0, 0.05) is 20.3 Å². The number of nitrogens with zero attached hydrogens (tertiary/aromatic N) is 4. The Hall–Kier alpha value is -1.88. The van der Waals surface area contributed by atoms with E-state index in [1.807, 2.05) is 30.1 Å². The zero-order chi connectivity index (χ0) is 13.0. The summed E-state index contributed by atoms with van der Waals surface area (Å²) in [5.74, 6) is 1.23. The van der Waals surface area contributed by atoms with Crippen molar-refractivity contribution in [2.45, 2.75) is 6.54 Å². The molecule has 0 saturated carbocycles. The van der Waals surface area contributed by atoms with Gasteiger partial charge >= 0.3 is 0 Å². The van der Waals surface area contributed by atoms with Crippen LogP contribution in [0.2, 0.25) is 5.02 Å². The summed E-state index contributed by atoms with van der Waals surface area (Å²) < 4.78 is 0. The maximum atomic E-state index is 6.10. The summed E-state index contributed by atoms with van der Waals surface area (Å²) in [6.07, 6.45) is 3.36. The Morgan fingerprint density at radius 3 is 2.83 bits per heavy atom. The second-order valence-corrected chi connectivity index (χ2v) is 4.20. The molecule has 2 aromatic heterocycles. The first-order chi connectivity index (χ1) is 8.70. The molecular formula is C12H14ClN5. The number of rotatable bonds is 4. The molecular weight excluding hydrogens is 250 g/mol. The first-order valence-corrected chi connectivity index (χ1v) is 5.90. The van der Waals surface area contributed by atoms with Crippen molar-refractivity contribution in [3.05, 3.63) is 41.3 Å². The summed E-state index contributed by atoms with van der Waals surface area (Å²) in [4.78, 5) is 14.6. The molecule has 0 bridgehead atoms. The van der Waals surface area contributed by atoms with Gasteiger partial charge in [-0.3, -0.25) is 4.98 Å². The highest BCUT2D eigenvalue weighted by molar-refractivity contribution is 6.32. The molecule has 2 rings (SSSR count). The number of anilines is 2. The minimum Gasteiger partial charge on any atom is -0.357 e. The summed E-state index contributed by atoms with van der Waals surface area (Å²) in [6.45, 7) is 0.640. The van der Waals surface area contributed by atoms with Crippen LogP contribution in [0.25, 0.3) is 0 Å². The molecule has 0 radical (unpaired) electrons. The highest BCUT2D eigenvalue weighted by Crippen LogP contribution is 2.23. The van der Waals surface area contributed by atoms with Crippen LogP contribution in [0.1, 0.15) is 5.69 Å². The Bertz CT molecular complexity index is 517. The van der Waals surface area contributed by atoms with Crippen LogP contribution >= 0.6 is 11.6 Å². The van der Waals surface area contributed by atoms with Crippen LogP contribution in [0.15, 0.2) is 30.6 Å². The highest BCUT2D eigenvalue weighted by atomic mass is 35.5. The van der Waals surface area contributed by atoms with Crippen molar-refractivity contribution in [1.29, 1.82) is 0 Å². The minimum atomic E-state index is 0.521. The third kappa shape index (κ3) is 2.87. The molecule has 0 aromatic carbocycles. The lowest BCUT2D eigenvalue weighted by atomic mass is 10.3. The number of nitrogens with one attached hydrogen (secondary N) is 1. The van der Waals surface area contributed by atoms with Crippen LogP contribution in [0.5, 0.6) is 0 Å². The molecule has 0 aliphatic rings. The Labute approximate surface area is 111 Å². The summed E-state index contributed by atoms with van der Waals surface area (Å²) in [5.41, 5.74) is 0.959. The fourth-order valence-electron chi connectivity index (χ4n) is 1.56. The molecule has 0 aliphatic carbocycles. The van der Waals surface area contributed by atoms with E-state index in [1.54, 1.807) is 19.4 Å². The summed E-state index contributed by atoms with van der Waals surface area (Å²) in [5, 5.41) is 3.41. The van der Waals surface area contributed by atoms with E-state index in [0.29, 0.717) is 23.3 Å². The maximum Gasteiger partial charge on any atom is 0.224 e. The summed E-state index contributed by atoms with van der Waals surface area (Å²) in [7, 11) is 3.69. The standard InChI is InChI=1S/C12H14ClN5/c1-14-12-16-7-10(13)11(17-12)18(2)8-9-5-3-4-6-15-9/h3-7H,8H2,1-2H3,(H,14,16,17). The van der Waals surface area contributed by atoms with Crippen molar-refractivity contribution < 1.29 is 0 Å². The third-order valence-electron chi connectivity index (χ3n) is 2.44. The monoisotopic (exact) mass is 263 g/mol. The van der Waals surface area contributed by atoms with Gasteiger partial charge in [0.25, 0.3) is 0 Å². The van der Waals surface area contributed by atoms with Crippen LogP contribution in [0, 0.1) is 0 Å². The van der Waals surface area contributed by atoms with Gasteiger partial charge in [-0.25, -0.2) is 4.98 Å². The van der Waals surface area contributed by atoms with E-state index < -0.39 is 0 Å². The lowest BCUT2D eigenvalue weighted by molar-refractivity contribution is 0.862. The van der Waals surface area contributed by atoms with Crippen molar-refractivity contribution in [1.82, 2.24) is 15.0 Å². The minimum absolute atomic E-state index is 0.521. The smallest absolute Gasteiger partial charge is 0.224 e. The van der Waals surface area contributed by atoms with Crippen molar-refractivity contribution in [2.24, 2.45) is 0 Å². The average Bonchev–Trinajstić information content (AvgIpc) is 2.40. The van der Waals surface area contributed by atoms with E-state index in [1.165, 1.54) is 0 Å². The molecule has 94 valence electrons. The van der Waals surface area contributed by atoms with E-state index in [9.17, 15) is 0 Å². The molecule has 1 N–H and O–H groups in total. The fraction of sp³-hybridized carbons (Fsp3) is 0.250. The first kappa shape index (κ1) is 12.6. The van der Waals surface area contributed by atoms with Gasteiger partial charge in [0.2, 0.25) is 5.95 Å². The highest BCUT2D eigenvalue weighted by Gasteiger charge is 2.10. The Balaban J connectivity index is 2.20. The molecule has 0 amide bonds. The SMILES string of the molecule is CNc1ncc(Cl)c(N(C)Cc2ccccn2)n1. The van der Waals surface area contributed by atoms with Gasteiger partial charge in [-0.05, 0) is 12.1 Å². The quantitative estimate of drug-likeness (QED) is 0.917. The molecule has 0 fully saturated rings. The van der Waals surface area contributed by atoms with Crippen molar-refractivity contribution in [2.75, 3.05) is 24.3 Å². The van der Waals surface area contributed by atoms with Crippen molar-refractivity contribution in [3.8, 4) is 0 Å². The molecule has 18 heavy (non-hydrogen) atoms. The second-order valence-electron chi connectivity index (χ2n) is 3.79. The molecule has 2 aromatic rings. The molecule has 0 spiro atoms. The Morgan fingerprint density at radius 2 is 2.17 bits per heavy atom. The number of aromatic nitrogens is 3. The molecule has 0 aliphatic heterocycles. The van der Waals surface area contributed by atoms with Crippen molar-refractivity contribution >= 4 is 23.4 Å². The van der Waals surface area contributed by atoms with Gasteiger partial charge in [-0.2, -0.15) is 4.98 Å². The van der Waals surface area contributed by atoms with E-state index in [0.717, 1.165) is 5.69 Å². The maximum absolute atomic E-state index is 6.10. The second kappa shape index (κ2) is 5.64. The van der Waals surface area contributed by atoms with Crippen molar-refractivity contribution in [3.63, 3.8) is 0 Å². The number of pyridine rings is 1. The van der Waals surface area contributed by atoms with Gasteiger partial charge < -0.3 is 10.2 Å². The number of hydrogen-bond acceptors (Lipinski definition) is 5. The third-order valence-corrected chi connectivity index (χ3v) is 2.70. The van der Waals surface area contributed by atoms with Crippen LogP contribution in [0.3, 0.4) is 0 Å². The lowest BCUT2D eigenvalue weighted by Gasteiger charge is -2.19. The lowest BCUT2D eigenvalue weighted by Crippen LogP contribution is -2.19. The van der Waals surface area contributed by atoms with E-state index in [2.05, 4.69) is 20.3 Å². The van der Waals surface area contributed by atoms with Gasteiger partial charge in [-0.1, -0.05) is 17.7 Å².